The Balaban J connectivity index is 1.24. The zero-order valence-corrected chi connectivity index (χ0v) is 17.4. The van der Waals surface area contributed by atoms with Gasteiger partial charge in [-0.2, -0.15) is 4.98 Å². The molecule has 1 aromatic heterocycles. The number of amides is 1. The van der Waals surface area contributed by atoms with E-state index in [0.717, 1.165) is 43.6 Å². The van der Waals surface area contributed by atoms with Crippen molar-refractivity contribution in [1.82, 2.24) is 20.4 Å². The van der Waals surface area contributed by atoms with Crippen LogP contribution >= 0.6 is 0 Å². The SMILES string of the molecule is COc1cccc(-c2noc(CNC(=O)C3CCN(Cc4ccc(F)cc4)CC3)n2)c1. The number of ether oxygens (including phenoxy) is 1. The molecule has 2 heterocycles. The molecule has 8 heteroatoms. The van der Waals surface area contributed by atoms with Crippen LogP contribution in [0.25, 0.3) is 11.4 Å². The second-order valence-electron chi connectivity index (χ2n) is 7.64. The van der Waals surface area contributed by atoms with E-state index in [1.807, 2.05) is 24.3 Å². The quantitative estimate of drug-likeness (QED) is 0.626. The number of rotatable bonds is 7. The Labute approximate surface area is 180 Å². The van der Waals surface area contributed by atoms with Crippen LogP contribution in [-0.4, -0.2) is 41.1 Å². The van der Waals surface area contributed by atoms with Gasteiger partial charge in [-0.15, -0.1) is 0 Å². The summed E-state index contributed by atoms with van der Waals surface area (Å²) in [6.45, 7) is 2.63. The monoisotopic (exact) mass is 424 g/mol. The van der Waals surface area contributed by atoms with Gasteiger partial charge in [-0.25, -0.2) is 4.39 Å². The van der Waals surface area contributed by atoms with Crippen LogP contribution in [0.15, 0.2) is 53.1 Å². The largest absolute Gasteiger partial charge is 0.497 e. The van der Waals surface area contributed by atoms with E-state index >= 15 is 0 Å². The smallest absolute Gasteiger partial charge is 0.246 e. The summed E-state index contributed by atoms with van der Waals surface area (Å²) in [5, 5.41) is 6.89. The summed E-state index contributed by atoms with van der Waals surface area (Å²) in [6, 6.07) is 14.0. The number of carbonyl (C=O) groups excluding carboxylic acids is 1. The zero-order chi connectivity index (χ0) is 21.6. The summed E-state index contributed by atoms with van der Waals surface area (Å²) in [4.78, 5) is 19.2. The van der Waals surface area contributed by atoms with Gasteiger partial charge in [-0.1, -0.05) is 29.4 Å². The Kier molecular flexibility index (Phi) is 6.57. The molecule has 0 saturated carbocycles. The fraction of sp³-hybridized carbons (Fsp3) is 0.348. The lowest BCUT2D eigenvalue weighted by Gasteiger charge is -2.31. The van der Waals surface area contributed by atoms with Gasteiger partial charge in [-0.05, 0) is 55.8 Å². The number of benzene rings is 2. The van der Waals surface area contributed by atoms with Crippen LogP contribution < -0.4 is 10.1 Å². The number of likely N-dealkylation sites (tertiary alicyclic amines) is 1. The lowest BCUT2D eigenvalue weighted by atomic mass is 9.95. The average Bonchev–Trinajstić information content (AvgIpc) is 3.29. The van der Waals surface area contributed by atoms with Crippen molar-refractivity contribution in [2.24, 2.45) is 5.92 Å². The minimum atomic E-state index is -0.226. The Morgan fingerprint density at radius 3 is 2.74 bits per heavy atom. The molecular weight excluding hydrogens is 399 g/mol. The first kappa shape index (κ1) is 21.0. The highest BCUT2D eigenvalue weighted by atomic mass is 19.1. The van der Waals surface area contributed by atoms with Gasteiger partial charge >= 0.3 is 0 Å². The van der Waals surface area contributed by atoms with Gasteiger partial charge in [0.2, 0.25) is 17.6 Å². The van der Waals surface area contributed by atoms with Gasteiger partial charge < -0.3 is 14.6 Å². The third-order valence-corrected chi connectivity index (χ3v) is 5.49. The van der Waals surface area contributed by atoms with Crippen LogP contribution in [0, 0.1) is 11.7 Å². The molecule has 0 radical (unpaired) electrons. The molecule has 1 N–H and O–H groups in total. The van der Waals surface area contributed by atoms with Crippen LogP contribution in [0.1, 0.15) is 24.3 Å². The minimum Gasteiger partial charge on any atom is -0.497 e. The van der Waals surface area contributed by atoms with Crippen molar-refractivity contribution in [3.63, 3.8) is 0 Å². The molecule has 3 aromatic rings. The summed E-state index contributed by atoms with van der Waals surface area (Å²) in [6.07, 6.45) is 1.57. The highest BCUT2D eigenvalue weighted by molar-refractivity contribution is 5.78. The van der Waals surface area contributed by atoms with Crippen molar-refractivity contribution < 1.29 is 18.4 Å². The fourth-order valence-corrected chi connectivity index (χ4v) is 3.71. The molecule has 0 spiro atoms. The first-order chi connectivity index (χ1) is 15.1. The summed E-state index contributed by atoms with van der Waals surface area (Å²) >= 11 is 0. The van der Waals surface area contributed by atoms with Gasteiger partial charge in [0.15, 0.2) is 0 Å². The van der Waals surface area contributed by atoms with Gasteiger partial charge in [0.1, 0.15) is 11.6 Å². The highest BCUT2D eigenvalue weighted by Gasteiger charge is 2.25. The molecule has 0 unspecified atom stereocenters. The van der Waals surface area contributed by atoms with Gasteiger partial charge in [0.05, 0.1) is 13.7 Å². The number of nitrogens with one attached hydrogen (secondary N) is 1. The molecule has 1 amide bonds. The maximum atomic E-state index is 13.0. The number of nitrogens with zero attached hydrogens (tertiary/aromatic N) is 3. The normalized spacial score (nSPS) is 15.0. The van der Waals surface area contributed by atoms with Gasteiger partial charge in [0.25, 0.3) is 0 Å². The molecule has 0 bridgehead atoms. The standard InChI is InChI=1S/C23H25FN4O3/c1-30-20-4-2-3-18(13-20)22-26-21(31-27-22)14-25-23(29)17-9-11-28(12-10-17)15-16-5-7-19(24)8-6-16/h2-8,13,17H,9-12,14-15H2,1H3,(H,25,29). The van der Waals surface area contributed by atoms with Crippen LogP contribution in [0.2, 0.25) is 0 Å². The molecule has 1 aliphatic heterocycles. The van der Waals surface area contributed by atoms with Crippen LogP contribution in [-0.2, 0) is 17.9 Å². The number of hydrogen-bond acceptors (Lipinski definition) is 6. The minimum absolute atomic E-state index is 0.00237. The second-order valence-corrected chi connectivity index (χ2v) is 7.64. The lowest BCUT2D eigenvalue weighted by molar-refractivity contribution is -0.126. The Hall–Kier alpha value is -3.26. The van der Waals surface area contributed by atoms with Crippen molar-refractivity contribution >= 4 is 5.91 Å². The molecule has 2 aromatic carbocycles. The number of aromatic nitrogens is 2. The summed E-state index contributed by atoms with van der Waals surface area (Å²) in [5.41, 5.74) is 1.86. The van der Waals surface area contributed by atoms with Crippen molar-refractivity contribution in [2.45, 2.75) is 25.9 Å². The molecular formula is C23H25FN4O3. The van der Waals surface area contributed by atoms with E-state index < -0.39 is 0 Å². The average molecular weight is 424 g/mol. The van der Waals surface area contributed by atoms with E-state index in [1.54, 1.807) is 19.2 Å². The molecule has 162 valence electrons. The molecule has 1 saturated heterocycles. The van der Waals surface area contributed by atoms with E-state index in [-0.39, 0.29) is 24.2 Å². The molecule has 7 nitrogen and oxygen atoms in total. The maximum absolute atomic E-state index is 13.0. The molecule has 31 heavy (non-hydrogen) atoms. The van der Waals surface area contributed by atoms with E-state index in [9.17, 15) is 9.18 Å². The summed E-state index contributed by atoms with van der Waals surface area (Å²) in [7, 11) is 1.60. The zero-order valence-electron chi connectivity index (χ0n) is 17.4. The van der Waals surface area contributed by atoms with Gasteiger partial charge in [0, 0.05) is 18.0 Å². The van der Waals surface area contributed by atoms with Crippen molar-refractivity contribution in [2.75, 3.05) is 20.2 Å². The third-order valence-electron chi connectivity index (χ3n) is 5.49. The first-order valence-electron chi connectivity index (χ1n) is 10.3. The van der Waals surface area contributed by atoms with Crippen LogP contribution in [0.3, 0.4) is 0 Å². The Morgan fingerprint density at radius 2 is 2.00 bits per heavy atom. The van der Waals surface area contributed by atoms with Crippen LogP contribution in [0.4, 0.5) is 4.39 Å². The first-order valence-corrected chi connectivity index (χ1v) is 10.3. The second kappa shape index (κ2) is 9.70. The van der Waals surface area contributed by atoms with E-state index in [1.165, 1.54) is 12.1 Å². The number of carbonyl (C=O) groups is 1. The topological polar surface area (TPSA) is 80.5 Å². The lowest BCUT2D eigenvalue weighted by Crippen LogP contribution is -2.40. The maximum Gasteiger partial charge on any atom is 0.246 e. The van der Waals surface area contributed by atoms with Crippen molar-refractivity contribution in [3.05, 3.63) is 65.8 Å². The number of halogens is 1. The van der Waals surface area contributed by atoms with E-state index in [2.05, 4.69) is 20.4 Å². The number of hydrogen-bond donors (Lipinski definition) is 1. The highest BCUT2D eigenvalue weighted by Crippen LogP contribution is 2.22. The third kappa shape index (κ3) is 5.46. The fourth-order valence-electron chi connectivity index (χ4n) is 3.71. The molecule has 4 rings (SSSR count). The predicted octanol–water partition coefficient (Wildman–Crippen LogP) is 3.41. The van der Waals surface area contributed by atoms with Gasteiger partial charge in [-0.3, -0.25) is 9.69 Å². The van der Waals surface area contributed by atoms with E-state index in [0.29, 0.717) is 17.5 Å². The van der Waals surface area contributed by atoms with Crippen molar-refractivity contribution in [3.8, 4) is 17.1 Å². The van der Waals surface area contributed by atoms with Crippen molar-refractivity contribution in [1.29, 1.82) is 0 Å². The Bertz CT molecular complexity index is 1010. The summed E-state index contributed by atoms with van der Waals surface area (Å²) < 4.78 is 23.5. The Morgan fingerprint density at radius 1 is 1.23 bits per heavy atom. The molecule has 1 fully saturated rings. The molecule has 0 atom stereocenters. The van der Waals surface area contributed by atoms with Crippen LogP contribution in [0.5, 0.6) is 5.75 Å². The summed E-state index contributed by atoms with van der Waals surface area (Å²) in [5.74, 6) is 1.27. The molecule has 1 aliphatic rings. The van der Waals surface area contributed by atoms with E-state index in [4.69, 9.17) is 9.26 Å². The molecule has 0 aliphatic carbocycles. The number of methoxy groups -OCH3 is 1. The number of piperidine rings is 1. The predicted molar refractivity (Wildman–Crippen MR) is 113 cm³/mol.